The lowest BCUT2D eigenvalue weighted by Crippen LogP contribution is -2.26. The molecular weight excluding hydrogens is 216 g/mol. The average Bonchev–Trinajstić information content (AvgIpc) is 2.72. The van der Waals surface area contributed by atoms with Gasteiger partial charge in [0.1, 0.15) is 6.54 Å². The highest BCUT2D eigenvalue weighted by atomic mass is 16.3. The van der Waals surface area contributed by atoms with E-state index in [-0.39, 0.29) is 12.5 Å². The summed E-state index contributed by atoms with van der Waals surface area (Å²) in [4.78, 5) is 11.5. The van der Waals surface area contributed by atoms with Crippen LogP contribution in [0.3, 0.4) is 0 Å². The SMILES string of the molecule is CCNC(=O)Cn1ccc2cc(CO)ccc21. The van der Waals surface area contributed by atoms with Gasteiger partial charge in [-0.1, -0.05) is 6.07 Å². The topological polar surface area (TPSA) is 54.3 Å². The van der Waals surface area contributed by atoms with Gasteiger partial charge in [-0.25, -0.2) is 0 Å². The van der Waals surface area contributed by atoms with E-state index in [0.29, 0.717) is 13.1 Å². The predicted molar refractivity (Wildman–Crippen MR) is 66.5 cm³/mol. The number of likely N-dealkylation sites (N-methyl/N-ethyl adjacent to an activating group) is 1. The van der Waals surface area contributed by atoms with Crippen molar-refractivity contribution < 1.29 is 9.90 Å². The number of benzene rings is 1. The fourth-order valence-electron chi connectivity index (χ4n) is 1.89. The minimum Gasteiger partial charge on any atom is -0.392 e. The first-order chi connectivity index (χ1) is 8.24. The lowest BCUT2D eigenvalue weighted by Gasteiger charge is -2.05. The van der Waals surface area contributed by atoms with Crippen LogP contribution in [-0.2, 0) is 17.9 Å². The Hall–Kier alpha value is -1.81. The van der Waals surface area contributed by atoms with Crippen molar-refractivity contribution in [3.63, 3.8) is 0 Å². The molecule has 0 saturated carbocycles. The van der Waals surface area contributed by atoms with Gasteiger partial charge in [-0.15, -0.1) is 0 Å². The smallest absolute Gasteiger partial charge is 0.239 e. The van der Waals surface area contributed by atoms with Gasteiger partial charge >= 0.3 is 0 Å². The molecule has 1 amide bonds. The average molecular weight is 232 g/mol. The zero-order valence-electron chi connectivity index (χ0n) is 9.81. The number of aliphatic hydroxyl groups is 1. The molecule has 1 heterocycles. The van der Waals surface area contributed by atoms with Crippen molar-refractivity contribution in [3.8, 4) is 0 Å². The number of carbonyl (C=O) groups excluding carboxylic acids is 1. The molecule has 0 saturated heterocycles. The number of hydrogen-bond donors (Lipinski definition) is 2. The number of amides is 1. The minimum atomic E-state index is 0.0104. The van der Waals surface area contributed by atoms with Crippen LogP contribution in [0.4, 0.5) is 0 Å². The zero-order chi connectivity index (χ0) is 12.3. The Kier molecular flexibility index (Phi) is 3.44. The van der Waals surface area contributed by atoms with Crippen LogP contribution in [0.15, 0.2) is 30.5 Å². The van der Waals surface area contributed by atoms with E-state index in [1.54, 1.807) is 0 Å². The molecule has 0 aliphatic heterocycles. The van der Waals surface area contributed by atoms with Crippen LogP contribution in [-0.4, -0.2) is 22.1 Å². The molecule has 0 radical (unpaired) electrons. The van der Waals surface area contributed by atoms with Crippen molar-refractivity contribution in [2.75, 3.05) is 6.54 Å². The van der Waals surface area contributed by atoms with Crippen LogP contribution in [0, 0.1) is 0 Å². The van der Waals surface area contributed by atoms with Gasteiger partial charge in [0.15, 0.2) is 0 Å². The maximum atomic E-state index is 11.5. The number of aromatic nitrogens is 1. The second-order valence-corrected chi connectivity index (χ2v) is 3.95. The molecule has 1 aromatic heterocycles. The van der Waals surface area contributed by atoms with Crippen molar-refractivity contribution in [1.29, 1.82) is 0 Å². The highest BCUT2D eigenvalue weighted by molar-refractivity contribution is 5.83. The molecule has 0 fully saturated rings. The van der Waals surface area contributed by atoms with Gasteiger partial charge in [-0.05, 0) is 36.1 Å². The summed E-state index contributed by atoms with van der Waals surface area (Å²) in [6.45, 7) is 2.92. The normalized spacial score (nSPS) is 10.7. The molecule has 0 bridgehead atoms. The van der Waals surface area contributed by atoms with E-state index < -0.39 is 0 Å². The quantitative estimate of drug-likeness (QED) is 0.834. The summed E-state index contributed by atoms with van der Waals surface area (Å²) >= 11 is 0. The van der Waals surface area contributed by atoms with Gasteiger partial charge < -0.3 is 15.0 Å². The van der Waals surface area contributed by atoms with Crippen molar-refractivity contribution in [1.82, 2.24) is 9.88 Å². The zero-order valence-corrected chi connectivity index (χ0v) is 9.81. The van der Waals surface area contributed by atoms with Crippen molar-refractivity contribution in [2.24, 2.45) is 0 Å². The van der Waals surface area contributed by atoms with Crippen LogP contribution in [0.5, 0.6) is 0 Å². The summed E-state index contributed by atoms with van der Waals surface area (Å²) in [5.41, 5.74) is 1.89. The van der Waals surface area contributed by atoms with Crippen LogP contribution < -0.4 is 5.32 Å². The molecular formula is C13H16N2O2. The van der Waals surface area contributed by atoms with Crippen molar-refractivity contribution in [2.45, 2.75) is 20.1 Å². The molecule has 2 N–H and O–H groups in total. The molecule has 90 valence electrons. The lowest BCUT2D eigenvalue weighted by molar-refractivity contribution is -0.121. The third-order valence-electron chi connectivity index (χ3n) is 2.71. The first kappa shape index (κ1) is 11.7. The molecule has 4 heteroatoms. The van der Waals surface area contributed by atoms with E-state index >= 15 is 0 Å². The van der Waals surface area contributed by atoms with Gasteiger partial charge in [-0.3, -0.25) is 4.79 Å². The second kappa shape index (κ2) is 5.01. The van der Waals surface area contributed by atoms with Crippen LogP contribution in [0.1, 0.15) is 12.5 Å². The maximum Gasteiger partial charge on any atom is 0.239 e. The first-order valence-electron chi connectivity index (χ1n) is 5.70. The Balaban J connectivity index is 2.27. The first-order valence-corrected chi connectivity index (χ1v) is 5.70. The molecule has 0 spiro atoms. The summed E-state index contributed by atoms with van der Waals surface area (Å²) in [5, 5.41) is 12.9. The van der Waals surface area contributed by atoms with Gasteiger partial charge in [0.05, 0.1) is 6.61 Å². The third kappa shape index (κ3) is 2.47. The van der Waals surface area contributed by atoms with E-state index in [1.165, 1.54) is 0 Å². The molecule has 1 aromatic carbocycles. The monoisotopic (exact) mass is 232 g/mol. The van der Waals surface area contributed by atoms with Crippen molar-refractivity contribution in [3.05, 3.63) is 36.0 Å². The summed E-state index contributed by atoms with van der Waals surface area (Å²) in [7, 11) is 0. The summed E-state index contributed by atoms with van der Waals surface area (Å²) < 4.78 is 1.90. The molecule has 0 unspecified atom stereocenters. The van der Waals surface area contributed by atoms with Gasteiger partial charge in [0, 0.05) is 18.3 Å². The second-order valence-electron chi connectivity index (χ2n) is 3.95. The molecule has 0 aliphatic carbocycles. The predicted octanol–water partition coefficient (Wildman–Crippen LogP) is 1.27. The number of nitrogens with one attached hydrogen (secondary N) is 1. The molecule has 2 rings (SSSR count). The van der Waals surface area contributed by atoms with Crippen LogP contribution >= 0.6 is 0 Å². The fraction of sp³-hybridized carbons (Fsp3) is 0.308. The lowest BCUT2D eigenvalue weighted by atomic mass is 10.2. The molecule has 4 nitrogen and oxygen atoms in total. The van der Waals surface area contributed by atoms with E-state index in [2.05, 4.69) is 5.32 Å². The molecule has 2 aromatic rings. The van der Waals surface area contributed by atoms with E-state index in [1.807, 2.05) is 42.0 Å². The van der Waals surface area contributed by atoms with Gasteiger partial charge in [0.25, 0.3) is 0 Å². The van der Waals surface area contributed by atoms with Crippen LogP contribution in [0.25, 0.3) is 10.9 Å². The number of hydrogen-bond acceptors (Lipinski definition) is 2. The van der Waals surface area contributed by atoms with E-state index in [0.717, 1.165) is 16.5 Å². The number of carbonyl (C=O) groups is 1. The Morgan fingerprint density at radius 3 is 2.94 bits per heavy atom. The van der Waals surface area contributed by atoms with E-state index in [9.17, 15) is 4.79 Å². The molecule has 0 aliphatic rings. The Morgan fingerprint density at radius 2 is 2.24 bits per heavy atom. The summed E-state index contributed by atoms with van der Waals surface area (Å²) in [6.07, 6.45) is 1.89. The molecule has 17 heavy (non-hydrogen) atoms. The third-order valence-corrected chi connectivity index (χ3v) is 2.71. The summed E-state index contributed by atoms with van der Waals surface area (Å²) in [5.74, 6) is 0.0104. The van der Waals surface area contributed by atoms with Gasteiger partial charge in [0.2, 0.25) is 5.91 Å². The largest absolute Gasteiger partial charge is 0.392 e. The molecule has 0 atom stereocenters. The Bertz CT molecular complexity index is 531. The standard InChI is InChI=1S/C13H16N2O2/c1-2-14-13(17)8-15-6-5-11-7-10(9-16)3-4-12(11)15/h3-7,16H,2,8-9H2,1H3,(H,14,17). The van der Waals surface area contributed by atoms with E-state index in [4.69, 9.17) is 5.11 Å². The number of aliphatic hydroxyl groups excluding tert-OH is 1. The highest BCUT2D eigenvalue weighted by Gasteiger charge is 2.05. The summed E-state index contributed by atoms with van der Waals surface area (Å²) in [6, 6.07) is 7.69. The maximum absolute atomic E-state index is 11.5. The fourth-order valence-corrected chi connectivity index (χ4v) is 1.89. The Labute approximate surface area is 99.9 Å². The number of fused-ring (bicyclic) bond motifs is 1. The minimum absolute atomic E-state index is 0.0104. The van der Waals surface area contributed by atoms with Crippen molar-refractivity contribution >= 4 is 16.8 Å². The highest BCUT2D eigenvalue weighted by Crippen LogP contribution is 2.17. The van der Waals surface area contributed by atoms with Crippen LogP contribution in [0.2, 0.25) is 0 Å². The Morgan fingerprint density at radius 1 is 1.41 bits per heavy atom. The van der Waals surface area contributed by atoms with Gasteiger partial charge in [-0.2, -0.15) is 0 Å². The number of nitrogens with zero attached hydrogens (tertiary/aromatic N) is 1. The number of rotatable bonds is 4.